The van der Waals surface area contributed by atoms with Gasteiger partial charge in [-0.1, -0.05) is 25.1 Å². The molecule has 3 N–H and O–H groups in total. The Morgan fingerprint density at radius 1 is 1.12 bits per heavy atom. The van der Waals surface area contributed by atoms with Crippen LogP contribution in [0.3, 0.4) is 0 Å². The zero-order valence-corrected chi connectivity index (χ0v) is 17.9. The van der Waals surface area contributed by atoms with E-state index in [0.717, 1.165) is 21.0 Å². The van der Waals surface area contributed by atoms with Crippen molar-refractivity contribution < 1.29 is 9.84 Å². The highest BCUT2D eigenvalue weighted by atomic mass is 16.5. The monoisotopic (exact) mass is 432 g/mol. The van der Waals surface area contributed by atoms with Crippen molar-refractivity contribution in [2.45, 2.75) is 19.8 Å². The highest BCUT2D eigenvalue weighted by Crippen LogP contribution is 2.21. The minimum atomic E-state index is -0.726. The largest absolute Gasteiger partial charge is 0.497 e. The van der Waals surface area contributed by atoms with Crippen molar-refractivity contribution in [1.82, 2.24) is 14.5 Å². The van der Waals surface area contributed by atoms with Gasteiger partial charge in [0, 0.05) is 23.6 Å². The maximum absolute atomic E-state index is 12.6. The highest BCUT2D eigenvalue weighted by molar-refractivity contribution is 6.02. The van der Waals surface area contributed by atoms with Gasteiger partial charge in [-0.3, -0.25) is 14.8 Å². The predicted molar refractivity (Wildman–Crippen MR) is 125 cm³/mol. The molecule has 4 rings (SSSR count). The molecule has 0 spiro atoms. The molecule has 0 amide bonds. The van der Waals surface area contributed by atoms with E-state index in [1.807, 2.05) is 37.4 Å². The van der Waals surface area contributed by atoms with Gasteiger partial charge >= 0.3 is 5.69 Å². The third kappa shape index (κ3) is 3.94. The highest BCUT2D eigenvalue weighted by Gasteiger charge is 2.19. The quantitative estimate of drug-likeness (QED) is 0.389. The molecule has 2 heterocycles. The number of ether oxygens (including phenoxy) is 1. The topological polar surface area (TPSA) is 112 Å². The van der Waals surface area contributed by atoms with Crippen LogP contribution in [-0.4, -0.2) is 39.0 Å². The van der Waals surface area contributed by atoms with Gasteiger partial charge in [-0.05, 0) is 48.7 Å². The Kier molecular flexibility index (Phi) is 5.93. The van der Waals surface area contributed by atoms with Crippen molar-refractivity contribution in [3.8, 4) is 17.3 Å². The number of hydrogen-bond acceptors (Lipinski definition) is 5. The van der Waals surface area contributed by atoms with Crippen LogP contribution in [0.2, 0.25) is 0 Å². The lowest BCUT2D eigenvalue weighted by Gasteiger charge is -2.13. The molecule has 2 aromatic heterocycles. The molecule has 164 valence electrons. The van der Waals surface area contributed by atoms with Crippen LogP contribution in [0.5, 0.6) is 11.6 Å². The van der Waals surface area contributed by atoms with Gasteiger partial charge in [0.2, 0.25) is 5.88 Å². The summed E-state index contributed by atoms with van der Waals surface area (Å²) in [4.78, 5) is 35.2. The molecule has 8 heteroatoms. The summed E-state index contributed by atoms with van der Waals surface area (Å²) in [7, 11) is 1.54. The Morgan fingerprint density at radius 3 is 2.59 bits per heavy atom. The van der Waals surface area contributed by atoms with Crippen molar-refractivity contribution in [3.63, 3.8) is 0 Å². The third-order valence-corrected chi connectivity index (χ3v) is 5.40. The van der Waals surface area contributed by atoms with E-state index in [4.69, 9.17) is 4.74 Å². The van der Waals surface area contributed by atoms with Gasteiger partial charge in [-0.15, -0.1) is 0 Å². The number of aliphatic imine (C=N–C) groups is 1. The molecule has 32 heavy (non-hydrogen) atoms. The molecule has 0 radical (unpaired) electrons. The first-order valence-electron chi connectivity index (χ1n) is 10.3. The number of para-hydroxylation sites is 1. The summed E-state index contributed by atoms with van der Waals surface area (Å²) >= 11 is 0. The molecule has 8 nitrogen and oxygen atoms in total. The van der Waals surface area contributed by atoms with Crippen LogP contribution in [0.1, 0.15) is 24.5 Å². The van der Waals surface area contributed by atoms with Gasteiger partial charge < -0.3 is 14.8 Å². The molecule has 0 unspecified atom stereocenters. The molecule has 0 aliphatic rings. The lowest BCUT2D eigenvalue weighted by Crippen LogP contribution is -2.33. The van der Waals surface area contributed by atoms with Gasteiger partial charge in [-0.2, -0.15) is 0 Å². The third-order valence-electron chi connectivity index (χ3n) is 5.40. The standard InChI is InChI=1S/C24H24N4O4/c1-3-19(25-13-12-15-14-26-20-7-5-4-6-18(15)20)21-22(29)27-24(31)28(23(21)30)16-8-10-17(32-2)11-9-16/h4-11,14,26,30H,3,12-13H2,1-2H3,(H,27,29,31). The van der Waals surface area contributed by atoms with E-state index < -0.39 is 17.1 Å². The number of aromatic hydroxyl groups is 1. The number of H-pyrrole nitrogens is 2. The molecular formula is C24H24N4O4. The normalized spacial score (nSPS) is 11.8. The Morgan fingerprint density at radius 2 is 1.88 bits per heavy atom. The molecule has 4 aromatic rings. The molecule has 0 saturated heterocycles. The molecule has 0 aliphatic carbocycles. The molecule has 2 aromatic carbocycles. The zero-order chi connectivity index (χ0) is 22.7. The van der Waals surface area contributed by atoms with Crippen LogP contribution in [0, 0.1) is 0 Å². The first-order valence-corrected chi connectivity index (χ1v) is 10.3. The van der Waals surface area contributed by atoms with Crippen LogP contribution < -0.4 is 16.0 Å². The van der Waals surface area contributed by atoms with Gasteiger partial charge in [0.25, 0.3) is 5.56 Å². The Bertz CT molecular complexity index is 1390. The fourth-order valence-corrected chi connectivity index (χ4v) is 3.77. The lowest BCUT2D eigenvalue weighted by molar-refractivity contribution is 0.414. The smallest absolute Gasteiger partial charge is 0.335 e. The lowest BCUT2D eigenvalue weighted by atomic mass is 10.1. The van der Waals surface area contributed by atoms with E-state index in [9.17, 15) is 14.7 Å². The minimum absolute atomic E-state index is 0.00171. The summed E-state index contributed by atoms with van der Waals surface area (Å²) in [5.74, 6) is 0.177. The second-order valence-corrected chi connectivity index (χ2v) is 7.28. The van der Waals surface area contributed by atoms with Gasteiger partial charge in [0.1, 0.15) is 11.3 Å². The maximum Gasteiger partial charge on any atom is 0.335 e. The second kappa shape index (κ2) is 8.97. The summed E-state index contributed by atoms with van der Waals surface area (Å²) in [6.07, 6.45) is 3.05. The Balaban J connectivity index is 1.68. The fraction of sp³-hybridized carbons (Fsp3) is 0.208. The molecule has 0 aliphatic heterocycles. The summed E-state index contributed by atoms with van der Waals surface area (Å²) in [5.41, 5.74) is 1.64. The number of aromatic nitrogens is 3. The summed E-state index contributed by atoms with van der Waals surface area (Å²) < 4.78 is 6.19. The van der Waals surface area contributed by atoms with Crippen LogP contribution in [0.15, 0.2) is 69.3 Å². The molecule has 0 bridgehead atoms. The number of hydrogen-bond donors (Lipinski definition) is 3. The van der Waals surface area contributed by atoms with E-state index in [1.165, 1.54) is 7.11 Å². The second-order valence-electron chi connectivity index (χ2n) is 7.28. The SMILES string of the molecule is CCC(=NCCc1c[nH]c2ccccc12)c1c(O)n(-c2ccc(OC)cc2)c(=O)[nH]c1=O. The summed E-state index contributed by atoms with van der Waals surface area (Å²) in [6.45, 7) is 2.29. The number of fused-ring (bicyclic) bond motifs is 1. The fourth-order valence-electron chi connectivity index (χ4n) is 3.77. The van der Waals surface area contributed by atoms with Crippen LogP contribution in [-0.2, 0) is 6.42 Å². The molecule has 0 fully saturated rings. The first kappa shape index (κ1) is 21.2. The summed E-state index contributed by atoms with van der Waals surface area (Å²) in [5, 5.41) is 12.0. The molecule has 0 saturated carbocycles. The molecular weight excluding hydrogens is 408 g/mol. The Labute approximate surface area is 183 Å². The van der Waals surface area contributed by atoms with Crippen molar-refractivity contribution >= 4 is 16.6 Å². The van der Waals surface area contributed by atoms with E-state index in [1.54, 1.807) is 24.3 Å². The number of nitrogens with one attached hydrogen (secondary N) is 2. The number of rotatable bonds is 7. The van der Waals surface area contributed by atoms with Crippen LogP contribution in [0.4, 0.5) is 0 Å². The summed E-state index contributed by atoms with van der Waals surface area (Å²) in [6, 6.07) is 14.6. The van der Waals surface area contributed by atoms with E-state index in [2.05, 4.69) is 15.0 Å². The van der Waals surface area contributed by atoms with Crippen molar-refractivity contribution in [2.24, 2.45) is 4.99 Å². The van der Waals surface area contributed by atoms with E-state index in [0.29, 0.717) is 36.5 Å². The Hall–Kier alpha value is -4.07. The van der Waals surface area contributed by atoms with Crippen LogP contribution >= 0.6 is 0 Å². The maximum atomic E-state index is 12.6. The van der Waals surface area contributed by atoms with E-state index >= 15 is 0 Å². The van der Waals surface area contributed by atoms with Crippen molar-refractivity contribution in [3.05, 3.63) is 86.7 Å². The average molecular weight is 432 g/mol. The van der Waals surface area contributed by atoms with Crippen molar-refractivity contribution in [2.75, 3.05) is 13.7 Å². The van der Waals surface area contributed by atoms with E-state index in [-0.39, 0.29) is 5.56 Å². The number of benzene rings is 2. The first-order chi connectivity index (χ1) is 15.5. The van der Waals surface area contributed by atoms with Gasteiger partial charge in [-0.25, -0.2) is 9.36 Å². The average Bonchev–Trinajstić information content (AvgIpc) is 3.21. The van der Waals surface area contributed by atoms with Gasteiger partial charge in [0.05, 0.1) is 18.5 Å². The minimum Gasteiger partial charge on any atom is -0.497 e. The van der Waals surface area contributed by atoms with Crippen molar-refractivity contribution in [1.29, 1.82) is 0 Å². The number of nitrogens with zero attached hydrogens (tertiary/aromatic N) is 2. The van der Waals surface area contributed by atoms with Crippen LogP contribution in [0.25, 0.3) is 16.6 Å². The number of methoxy groups -OCH3 is 1. The predicted octanol–water partition coefficient (Wildman–Crippen LogP) is 3.16. The molecule has 0 atom stereocenters. The van der Waals surface area contributed by atoms with Gasteiger partial charge in [0.15, 0.2) is 0 Å². The number of aromatic amines is 2. The zero-order valence-electron chi connectivity index (χ0n) is 17.9.